The molecule has 2 rings (SSSR count). The molecule has 2 atom stereocenters. The minimum atomic E-state index is -1.25. The Bertz CT molecular complexity index is 263. The fraction of sp³-hybridized carbons (Fsp3) is 1.00. The van der Waals surface area contributed by atoms with Crippen molar-refractivity contribution in [2.24, 2.45) is 0 Å². The lowest BCUT2D eigenvalue weighted by atomic mass is 10.2. The largest absolute Gasteiger partial charge is 0.348 e. The van der Waals surface area contributed by atoms with Crippen LogP contribution in [-0.4, -0.2) is 27.5 Å². The van der Waals surface area contributed by atoms with Crippen molar-refractivity contribution >= 4 is 20.7 Å². The van der Waals surface area contributed by atoms with E-state index in [-0.39, 0.29) is 10.9 Å². The zero-order valence-corrected chi connectivity index (χ0v) is 9.99. The summed E-state index contributed by atoms with van der Waals surface area (Å²) in [7, 11) is 4.41. The van der Waals surface area contributed by atoms with E-state index in [2.05, 4.69) is 0 Å². The third-order valence-corrected chi connectivity index (χ3v) is 5.05. The Kier molecular flexibility index (Phi) is 2.67. The van der Waals surface area contributed by atoms with Gasteiger partial charge in [-0.05, 0) is 43.8 Å². The van der Waals surface area contributed by atoms with Crippen molar-refractivity contribution in [2.75, 3.05) is 6.61 Å². The molecule has 1 aliphatic heterocycles. The van der Waals surface area contributed by atoms with Gasteiger partial charge in [-0.15, -0.1) is 0 Å². The lowest BCUT2D eigenvalue weighted by molar-refractivity contribution is -0.139. The van der Waals surface area contributed by atoms with Crippen LogP contribution in [0.5, 0.6) is 0 Å². The summed E-state index contributed by atoms with van der Waals surface area (Å²) in [5.41, 5.74) is 0. The number of ether oxygens (including phenoxy) is 2. The molecule has 2 aliphatic rings. The Morgan fingerprint density at radius 3 is 2.50 bits per heavy atom. The van der Waals surface area contributed by atoms with Gasteiger partial charge in [0.25, 0.3) is 0 Å². The van der Waals surface area contributed by atoms with Crippen LogP contribution >= 0.6 is 10.7 Å². The molecule has 1 saturated carbocycles. The smallest absolute Gasteiger partial charge is 0.163 e. The SMILES string of the molecule is CC1(C)OCC(CC2(S(=O)Cl)CC2)O1. The van der Waals surface area contributed by atoms with Crippen molar-refractivity contribution in [3.63, 3.8) is 0 Å². The van der Waals surface area contributed by atoms with Gasteiger partial charge < -0.3 is 9.47 Å². The Labute approximate surface area is 91.1 Å². The third kappa shape index (κ3) is 2.13. The van der Waals surface area contributed by atoms with Crippen LogP contribution in [0.3, 0.4) is 0 Å². The standard InChI is InChI=1S/C9H15ClO3S/c1-8(2)12-6-7(13-8)5-9(3-4-9)14(10)11/h7H,3-6H2,1-2H3. The van der Waals surface area contributed by atoms with Gasteiger partial charge in [-0.1, -0.05) is 0 Å². The van der Waals surface area contributed by atoms with Crippen LogP contribution in [0.25, 0.3) is 0 Å². The van der Waals surface area contributed by atoms with E-state index in [4.69, 9.17) is 20.2 Å². The molecule has 0 bridgehead atoms. The van der Waals surface area contributed by atoms with Crippen molar-refractivity contribution in [3.8, 4) is 0 Å². The first-order valence-corrected chi connectivity index (χ1v) is 6.81. The van der Waals surface area contributed by atoms with Gasteiger partial charge in [0.15, 0.2) is 5.79 Å². The van der Waals surface area contributed by atoms with E-state index in [0.717, 1.165) is 19.3 Å². The van der Waals surface area contributed by atoms with Crippen molar-refractivity contribution in [1.29, 1.82) is 0 Å². The van der Waals surface area contributed by atoms with Crippen LogP contribution in [0, 0.1) is 0 Å². The van der Waals surface area contributed by atoms with Gasteiger partial charge in [0, 0.05) is 0 Å². The Hall–Kier alpha value is 0.360. The number of halogens is 1. The van der Waals surface area contributed by atoms with E-state index in [1.807, 2.05) is 13.8 Å². The summed E-state index contributed by atoms with van der Waals surface area (Å²) in [4.78, 5) is 0. The number of hydrogen-bond acceptors (Lipinski definition) is 3. The highest BCUT2D eigenvalue weighted by atomic mass is 35.7. The summed E-state index contributed by atoms with van der Waals surface area (Å²) in [6, 6.07) is 0. The summed E-state index contributed by atoms with van der Waals surface area (Å²) in [6.45, 7) is 4.37. The Morgan fingerprint density at radius 2 is 2.14 bits per heavy atom. The fourth-order valence-electron chi connectivity index (χ4n) is 1.85. The predicted molar refractivity (Wildman–Crippen MR) is 55.5 cm³/mol. The van der Waals surface area contributed by atoms with Gasteiger partial charge in [0.2, 0.25) is 0 Å². The van der Waals surface area contributed by atoms with Crippen LogP contribution in [0.15, 0.2) is 0 Å². The summed E-state index contributed by atoms with van der Waals surface area (Å²) >= 11 is 0. The van der Waals surface area contributed by atoms with E-state index >= 15 is 0 Å². The average Bonchev–Trinajstić information content (AvgIpc) is 2.74. The van der Waals surface area contributed by atoms with E-state index in [0.29, 0.717) is 6.61 Å². The molecule has 0 radical (unpaired) electrons. The number of rotatable bonds is 3. The molecule has 3 nitrogen and oxygen atoms in total. The zero-order chi connectivity index (χ0) is 10.4. The van der Waals surface area contributed by atoms with Crippen molar-refractivity contribution in [1.82, 2.24) is 0 Å². The summed E-state index contributed by atoms with van der Waals surface area (Å²) < 4.78 is 22.2. The highest BCUT2D eigenvalue weighted by Gasteiger charge is 2.51. The fourth-order valence-corrected chi connectivity index (χ4v) is 3.24. The molecule has 0 N–H and O–H groups in total. The zero-order valence-electron chi connectivity index (χ0n) is 8.42. The molecule has 0 aromatic rings. The van der Waals surface area contributed by atoms with Gasteiger partial charge in [0.1, 0.15) is 10.0 Å². The van der Waals surface area contributed by atoms with Crippen LogP contribution in [0.2, 0.25) is 0 Å². The first kappa shape index (κ1) is 10.9. The Balaban J connectivity index is 1.91. The molecule has 1 saturated heterocycles. The van der Waals surface area contributed by atoms with E-state index in [1.54, 1.807) is 0 Å². The maximum Gasteiger partial charge on any atom is 0.163 e. The molecule has 0 spiro atoms. The topological polar surface area (TPSA) is 35.5 Å². The van der Waals surface area contributed by atoms with Crippen LogP contribution in [-0.2, 0) is 19.5 Å². The second-order valence-electron chi connectivity index (χ2n) is 4.56. The van der Waals surface area contributed by atoms with Gasteiger partial charge in [0.05, 0.1) is 17.5 Å². The van der Waals surface area contributed by atoms with Gasteiger partial charge >= 0.3 is 0 Å². The molecule has 2 fully saturated rings. The summed E-state index contributed by atoms with van der Waals surface area (Å²) in [5, 5.41) is 0. The molecular formula is C9H15ClO3S. The maximum atomic E-state index is 11.3. The van der Waals surface area contributed by atoms with E-state index < -0.39 is 15.8 Å². The molecule has 82 valence electrons. The lowest BCUT2D eigenvalue weighted by Gasteiger charge is -2.19. The monoisotopic (exact) mass is 238 g/mol. The maximum absolute atomic E-state index is 11.3. The molecule has 1 aliphatic carbocycles. The summed E-state index contributed by atoms with van der Waals surface area (Å²) in [6.07, 6.45) is 2.70. The molecule has 0 aromatic heterocycles. The second-order valence-corrected chi connectivity index (χ2v) is 6.72. The van der Waals surface area contributed by atoms with Crippen LogP contribution in [0.1, 0.15) is 33.1 Å². The molecule has 5 heteroatoms. The molecule has 2 unspecified atom stereocenters. The molecule has 1 heterocycles. The normalized spacial score (nSPS) is 35.5. The van der Waals surface area contributed by atoms with Crippen molar-refractivity contribution < 1.29 is 13.7 Å². The second kappa shape index (κ2) is 3.44. The van der Waals surface area contributed by atoms with Gasteiger partial charge in [-0.25, -0.2) is 4.21 Å². The Morgan fingerprint density at radius 1 is 1.50 bits per heavy atom. The molecular weight excluding hydrogens is 224 g/mol. The van der Waals surface area contributed by atoms with Crippen molar-refractivity contribution in [2.45, 2.75) is 49.7 Å². The minimum Gasteiger partial charge on any atom is -0.348 e. The first-order chi connectivity index (χ1) is 6.44. The highest BCUT2D eigenvalue weighted by Crippen LogP contribution is 2.48. The van der Waals surface area contributed by atoms with Crippen LogP contribution in [0.4, 0.5) is 0 Å². The lowest BCUT2D eigenvalue weighted by Crippen LogP contribution is -2.26. The van der Waals surface area contributed by atoms with Gasteiger partial charge in [-0.2, -0.15) is 0 Å². The average molecular weight is 239 g/mol. The molecule has 0 amide bonds. The van der Waals surface area contributed by atoms with Gasteiger partial charge in [-0.3, -0.25) is 0 Å². The van der Waals surface area contributed by atoms with Crippen LogP contribution < -0.4 is 0 Å². The first-order valence-electron chi connectivity index (χ1n) is 4.83. The van der Waals surface area contributed by atoms with E-state index in [9.17, 15) is 4.21 Å². The third-order valence-electron chi connectivity index (χ3n) is 2.82. The van der Waals surface area contributed by atoms with E-state index in [1.165, 1.54) is 0 Å². The molecule has 14 heavy (non-hydrogen) atoms. The quantitative estimate of drug-likeness (QED) is 0.706. The number of hydrogen-bond donors (Lipinski definition) is 0. The molecule has 0 aromatic carbocycles. The van der Waals surface area contributed by atoms with Crippen molar-refractivity contribution in [3.05, 3.63) is 0 Å². The predicted octanol–water partition coefficient (Wildman–Crippen LogP) is 1.96. The summed E-state index contributed by atoms with van der Waals surface area (Å²) in [5.74, 6) is -0.492. The highest BCUT2D eigenvalue weighted by molar-refractivity contribution is 8.09. The minimum absolute atomic E-state index is 0.0511.